The molecule has 2 rings (SSSR count). The van der Waals surface area contributed by atoms with Crippen molar-refractivity contribution >= 4 is 23.2 Å². The molecule has 0 unspecified atom stereocenters. The normalized spacial score (nSPS) is 10.1. The van der Waals surface area contributed by atoms with Crippen molar-refractivity contribution in [1.82, 2.24) is 0 Å². The molecule has 2 aromatic rings. The monoisotopic (exact) mass is 327 g/mol. The van der Waals surface area contributed by atoms with Crippen LogP contribution in [-0.2, 0) is 9.59 Å². The zero-order valence-electron chi connectivity index (χ0n) is 13.8. The first-order valence-electron chi connectivity index (χ1n) is 7.58. The summed E-state index contributed by atoms with van der Waals surface area (Å²) in [6.07, 6.45) is 0. The number of carbonyl (C=O) groups is 2. The van der Waals surface area contributed by atoms with Crippen molar-refractivity contribution in [2.75, 3.05) is 23.8 Å². The Morgan fingerprint density at radius 1 is 0.917 bits per heavy atom. The minimum absolute atomic E-state index is 0.124. The highest BCUT2D eigenvalue weighted by molar-refractivity contribution is 6.00. The van der Waals surface area contributed by atoms with Gasteiger partial charge in [-0.15, -0.1) is 0 Å². The van der Waals surface area contributed by atoms with E-state index in [4.69, 9.17) is 10.5 Å². The standard InChI is InChI=1S/C18H21N3O3/c1-12-3-6-14(7-4-12)24-11-18(23)20-15-8-5-13(2)9-16(15)21-17(22)10-19/h3-9H,10-11,19H2,1-2H3,(H,20,23)(H,21,22). The molecular formula is C18H21N3O3. The summed E-state index contributed by atoms with van der Waals surface area (Å²) < 4.78 is 5.44. The minimum atomic E-state index is -0.327. The lowest BCUT2D eigenvalue weighted by Crippen LogP contribution is -2.24. The van der Waals surface area contributed by atoms with Gasteiger partial charge in [-0.3, -0.25) is 9.59 Å². The Morgan fingerprint density at radius 3 is 2.21 bits per heavy atom. The minimum Gasteiger partial charge on any atom is -0.484 e. The summed E-state index contributed by atoms with van der Waals surface area (Å²) in [6.45, 7) is 3.62. The molecule has 0 aliphatic heterocycles. The third-order valence-corrected chi connectivity index (χ3v) is 3.30. The Bertz CT molecular complexity index is 727. The summed E-state index contributed by atoms with van der Waals surface area (Å²) in [5.74, 6) is -0.0222. The third-order valence-electron chi connectivity index (χ3n) is 3.30. The number of benzene rings is 2. The summed E-state index contributed by atoms with van der Waals surface area (Å²) in [4.78, 5) is 23.6. The van der Waals surface area contributed by atoms with Crippen molar-refractivity contribution in [3.8, 4) is 5.75 Å². The van der Waals surface area contributed by atoms with Gasteiger partial charge in [-0.1, -0.05) is 23.8 Å². The first-order chi connectivity index (χ1) is 11.5. The van der Waals surface area contributed by atoms with Crippen LogP contribution in [0.5, 0.6) is 5.75 Å². The number of ether oxygens (including phenoxy) is 1. The molecule has 0 aliphatic carbocycles. The molecule has 0 atom stereocenters. The van der Waals surface area contributed by atoms with Crippen molar-refractivity contribution in [2.45, 2.75) is 13.8 Å². The van der Waals surface area contributed by atoms with Gasteiger partial charge in [-0.25, -0.2) is 0 Å². The van der Waals surface area contributed by atoms with Crippen LogP contribution in [0.25, 0.3) is 0 Å². The smallest absolute Gasteiger partial charge is 0.262 e. The predicted octanol–water partition coefficient (Wildman–Crippen LogP) is 2.22. The number of carbonyl (C=O) groups excluding carboxylic acids is 2. The molecule has 6 nitrogen and oxygen atoms in total. The van der Waals surface area contributed by atoms with Crippen LogP contribution < -0.4 is 21.1 Å². The number of nitrogens with one attached hydrogen (secondary N) is 2. The first kappa shape index (κ1) is 17.5. The average Bonchev–Trinajstić information content (AvgIpc) is 2.56. The fourth-order valence-corrected chi connectivity index (χ4v) is 2.04. The SMILES string of the molecule is Cc1ccc(OCC(=O)Nc2ccc(C)cc2NC(=O)CN)cc1. The highest BCUT2D eigenvalue weighted by Gasteiger charge is 2.10. The van der Waals surface area contributed by atoms with Crippen molar-refractivity contribution < 1.29 is 14.3 Å². The summed E-state index contributed by atoms with van der Waals surface area (Å²) in [6, 6.07) is 12.8. The summed E-state index contributed by atoms with van der Waals surface area (Å²) in [5, 5.41) is 5.40. The van der Waals surface area contributed by atoms with Gasteiger partial charge in [0.05, 0.1) is 17.9 Å². The quantitative estimate of drug-likeness (QED) is 0.758. The Morgan fingerprint density at radius 2 is 1.54 bits per heavy atom. The fourth-order valence-electron chi connectivity index (χ4n) is 2.04. The number of rotatable bonds is 6. The van der Waals surface area contributed by atoms with Crippen LogP contribution in [-0.4, -0.2) is 25.0 Å². The van der Waals surface area contributed by atoms with E-state index in [-0.39, 0.29) is 25.0 Å². The second-order valence-corrected chi connectivity index (χ2v) is 5.45. The Labute approximate surface area is 141 Å². The van der Waals surface area contributed by atoms with Crippen molar-refractivity contribution in [1.29, 1.82) is 0 Å². The topological polar surface area (TPSA) is 93.5 Å². The Balaban J connectivity index is 2.00. The molecule has 0 spiro atoms. The summed E-state index contributed by atoms with van der Waals surface area (Å²) in [5.41, 5.74) is 8.39. The lowest BCUT2D eigenvalue weighted by molar-refractivity contribution is -0.118. The van der Waals surface area contributed by atoms with Gasteiger partial charge in [-0.2, -0.15) is 0 Å². The number of aryl methyl sites for hydroxylation is 2. The van der Waals surface area contributed by atoms with Gasteiger partial charge in [0.15, 0.2) is 6.61 Å². The van der Waals surface area contributed by atoms with Crippen molar-refractivity contribution in [2.24, 2.45) is 5.73 Å². The predicted molar refractivity (Wildman–Crippen MR) is 94.2 cm³/mol. The first-order valence-corrected chi connectivity index (χ1v) is 7.58. The second-order valence-electron chi connectivity index (χ2n) is 5.45. The molecule has 6 heteroatoms. The molecule has 0 bridgehead atoms. The van der Waals surface area contributed by atoms with Crippen LogP contribution in [0.3, 0.4) is 0 Å². The number of nitrogens with two attached hydrogens (primary N) is 1. The molecular weight excluding hydrogens is 306 g/mol. The van der Waals surface area contributed by atoms with Gasteiger partial charge in [-0.05, 0) is 43.7 Å². The van der Waals surface area contributed by atoms with Gasteiger partial charge in [0.25, 0.3) is 5.91 Å². The van der Waals surface area contributed by atoms with Gasteiger partial charge in [0, 0.05) is 0 Å². The second kappa shape index (κ2) is 8.12. The van der Waals surface area contributed by atoms with E-state index < -0.39 is 0 Å². The highest BCUT2D eigenvalue weighted by Crippen LogP contribution is 2.23. The number of hydrogen-bond acceptors (Lipinski definition) is 4. The highest BCUT2D eigenvalue weighted by atomic mass is 16.5. The van der Waals surface area contributed by atoms with E-state index in [0.717, 1.165) is 11.1 Å². The molecule has 2 aromatic carbocycles. The largest absolute Gasteiger partial charge is 0.484 e. The van der Waals surface area contributed by atoms with E-state index in [1.165, 1.54) is 0 Å². The molecule has 0 saturated heterocycles. The van der Waals surface area contributed by atoms with Crippen LogP contribution >= 0.6 is 0 Å². The van der Waals surface area contributed by atoms with E-state index in [1.807, 2.05) is 32.0 Å². The maximum absolute atomic E-state index is 12.1. The van der Waals surface area contributed by atoms with Crippen LogP contribution in [0.15, 0.2) is 42.5 Å². The lowest BCUT2D eigenvalue weighted by atomic mass is 10.2. The van der Waals surface area contributed by atoms with Gasteiger partial charge >= 0.3 is 0 Å². The number of amides is 2. The van der Waals surface area contributed by atoms with E-state index in [1.54, 1.807) is 24.3 Å². The zero-order valence-corrected chi connectivity index (χ0v) is 13.8. The molecule has 24 heavy (non-hydrogen) atoms. The molecule has 0 aromatic heterocycles. The molecule has 4 N–H and O–H groups in total. The Hall–Kier alpha value is -2.86. The van der Waals surface area contributed by atoms with Crippen LogP contribution in [0.4, 0.5) is 11.4 Å². The molecule has 0 radical (unpaired) electrons. The summed E-state index contributed by atoms with van der Waals surface area (Å²) in [7, 11) is 0. The zero-order chi connectivity index (χ0) is 17.5. The molecule has 0 fully saturated rings. The van der Waals surface area contributed by atoms with Crippen LogP contribution in [0, 0.1) is 13.8 Å². The van der Waals surface area contributed by atoms with E-state index >= 15 is 0 Å². The molecule has 0 saturated carbocycles. The van der Waals surface area contributed by atoms with Gasteiger partial charge in [0.2, 0.25) is 5.91 Å². The van der Waals surface area contributed by atoms with Crippen LogP contribution in [0.1, 0.15) is 11.1 Å². The lowest BCUT2D eigenvalue weighted by Gasteiger charge is -2.13. The Kier molecular flexibility index (Phi) is 5.92. The van der Waals surface area contributed by atoms with Crippen molar-refractivity contribution in [3.63, 3.8) is 0 Å². The molecule has 0 heterocycles. The van der Waals surface area contributed by atoms with Crippen LogP contribution in [0.2, 0.25) is 0 Å². The molecule has 126 valence electrons. The average molecular weight is 327 g/mol. The van der Waals surface area contributed by atoms with E-state index in [2.05, 4.69) is 10.6 Å². The maximum Gasteiger partial charge on any atom is 0.262 e. The number of hydrogen-bond donors (Lipinski definition) is 3. The summed E-state index contributed by atoms with van der Waals surface area (Å²) >= 11 is 0. The van der Waals surface area contributed by atoms with E-state index in [0.29, 0.717) is 17.1 Å². The van der Waals surface area contributed by atoms with Gasteiger partial charge in [0.1, 0.15) is 5.75 Å². The van der Waals surface area contributed by atoms with E-state index in [9.17, 15) is 9.59 Å². The van der Waals surface area contributed by atoms with Gasteiger partial charge < -0.3 is 21.1 Å². The molecule has 0 aliphatic rings. The molecule has 2 amide bonds. The fraction of sp³-hybridized carbons (Fsp3) is 0.222. The maximum atomic E-state index is 12.1. The third kappa shape index (κ3) is 5.10. The number of anilines is 2. The van der Waals surface area contributed by atoms with Crippen molar-refractivity contribution in [3.05, 3.63) is 53.6 Å².